The van der Waals surface area contributed by atoms with Crippen molar-refractivity contribution in [3.63, 3.8) is 0 Å². The molecule has 2 rings (SSSR count). The highest BCUT2D eigenvalue weighted by Crippen LogP contribution is 2.38. The van der Waals surface area contributed by atoms with Crippen LogP contribution in [-0.2, 0) is 17.6 Å². The molecule has 1 atom stereocenters. The molecule has 0 amide bonds. The number of carbonyl (C=O) groups is 1. The number of benzene rings is 2. The van der Waals surface area contributed by atoms with Gasteiger partial charge < -0.3 is 19.7 Å². The predicted molar refractivity (Wildman–Crippen MR) is 91.1 cm³/mol. The number of aromatic hydroxyl groups is 1. The van der Waals surface area contributed by atoms with Gasteiger partial charge in [0.25, 0.3) is 0 Å². The molecule has 5 nitrogen and oxygen atoms in total. The standard InChI is InChI=1S/C19H22O5/c1-4-12-5-7-14(8-6-12)15(19(21)22)9-13-10-16(23-2)18(20)17(11-13)24-3/h5-8,10-11,15,20H,4,9H2,1-3H3,(H,21,22). The van der Waals surface area contributed by atoms with E-state index >= 15 is 0 Å². The zero-order valence-corrected chi connectivity index (χ0v) is 14.1. The Bertz CT molecular complexity index is 681. The van der Waals surface area contributed by atoms with E-state index in [2.05, 4.69) is 6.92 Å². The van der Waals surface area contributed by atoms with Crippen molar-refractivity contribution < 1.29 is 24.5 Å². The third-order valence-corrected chi connectivity index (χ3v) is 4.07. The van der Waals surface area contributed by atoms with Gasteiger partial charge in [-0.3, -0.25) is 4.79 Å². The van der Waals surface area contributed by atoms with Crippen LogP contribution in [0.4, 0.5) is 0 Å². The zero-order valence-electron chi connectivity index (χ0n) is 14.1. The molecule has 0 spiro atoms. The number of phenolic OH excluding ortho intramolecular Hbond substituents is 1. The number of hydrogen-bond donors (Lipinski definition) is 2. The van der Waals surface area contributed by atoms with Crippen LogP contribution in [-0.4, -0.2) is 30.4 Å². The monoisotopic (exact) mass is 330 g/mol. The number of carboxylic acids is 1. The second-order valence-corrected chi connectivity index (χ2v) is 5.54. The van der Waals surface area contributed by atoms with Gasteiger partial charge in [0.1, 0.15) is 0 Å². The minimum absolute atomic E-state index is 0.0945. The van der Waals surface area contributed by atoms with Crippen molar-refractivity contribution in [2.75, 3.05) is 14.2 Å². The number of aliphatic carboxylic acids is 1. The highest BCUT2D eigenvalue weighted by Gasteiger charge is 2.22. The molecule has 128 valence electrons. The van der Waals surface area contributed by atoms with Crippen molar-refractivity contribution in [1.29, 1.82) is 0 Å². The fraction of sp³-hybridized carbons (Fsp3) is 0.316. The van der Waals surface area contributed by atoms with E-state index in [1.807, 2.05) is 24.3 Å². The first-order chi connectivity index (χ1) is 11.5. The highest BCUT2D eigenvalue weighted by atomic mass is 16.5. The number of ether oxygens (including phenoxy) is 2. The lowest BCUT2D eigenvalue weighted by Gasteiger charge is -2.16. The maximum absolute atomic E-state index is 11.7. The van der Waals surface area contributed by atoms with Gasteiger partial charge in [0.15, 0.2) is 11.5 Å². The average molecular weight is 330 g/mol. The molecule has 0 aliphatic carbocycles. The molecule has 0 bridgehead atoms. The Morgan fingerprint density at radius 1 is 1.04 bits per heavy atom. The van der Waals surface area contributed by atoms with Gasteiger partial charge >= 0.3 is 5.97 Å². The van der Waals surface area contributed by atoms with E-state index in [-0.39, 0.29) is 23.7 Å². The van der Waals surface area contributed by atoms with Gasteiger partial charge in [-0.1, -0.05) is 31.2 Å². The van der Waals surface area contributed by atoms with Gasteiger partial charge in [-0.25, -0.2) is 0 Å². The Balaban J connectivity index is 2.35. The molecule has 0 saturated carbocycles. The van der Waals surface area contributed by atoms with Crippen LogP contribution in [0.1, 0.15) is 29.5 Å². The van der Waals surface area contributed by atoms with E-state index in [0.717, 1.165) is 17.5 Å². The first-order valence-electron chi connectivity index (χ1n) is 7.75. The van der Waals surface area contributed by atoms with Crippen molar-refractivity contribution in [1.82, 2.24) is 0 Å². The number of rotatable bonds is 7. The SMILES string of the molecule is CCc1ccc(C(Cc2cc(OC)c(O)c(OC)c2)C(=O)O)cc1. The molecule has 0 fully saturated rings. The molecule has 5 heteroatoms. The quantitative estimate of drug-likeness (QED) is 0.814. The summed E-state index contributed by atoms with van der Waals surface area (Å²) in [6, 6.07) is 10.9. The molecule has 2 N–H and O–H groups in total. The number of carboxylic acid groups (broad SMARTS) is 1. The minimum atomic E-state index is -0.898. The maximum atomic E-state index is 11.7. The Morgan fingerprint density at radius 3 is 2.00 bits per heavy atom. The predicted octanol–water partition coefficient (Wildman–Crippen LogP) is 3.38. The Labute approximate surface area is 141 Å². The molecule has 0 heterocycles. The Hall–Kier alpha value is -2.69. The van der Waals surface area contributed by atoms with Crippen molar-refractivity contribution in [3.05, 3.63) is 53.1 Å². The van der Waals surface area contributed by atoms with Crippen molar-refractivity contribution in [2.24, 2.45) is 0 Å². The lowest BCUT2D eigenvalue weighted by atomic mass is 9.91. The summed E-state index contributed by atoms with van der Waals surface area (Å²) in [5.74, 6) is -1.16. The molecule has 2 aromatic carbocycles. The van der Waals surface area contributed by atoms with Gasteiger partial charge in [-0.15, -0.1) is 0 Å². The lowest BCUT2D eigenvalue weighted by molar-refractivity contribution is -0.138. The van der Waals surface area contributed by atoms with Gasteiger partial charge in [0, 0.05) is 0 Å². The molecular weight excluding hydrogens is 308 g/mol. The fourth-order valence-electron chi connectivity index (χ4n) is 2.63. The van der Waals surface area contributed by atoms with Crippen LogP contribution >= 0.6 is 0 Å². The van der Waals surface area contributed by atoms with E-state index in [9.17, 15) is 15.0 Å². The number of hydrogen-bond acceptors (Lipinski definition) is 4. The summed E-state index contributed by atoms with van der Waals surface area (Å²) in [5.41, 5.74) is 2.62. The van der Waals surface area contributed by atoms with Crippen LogP contribution in [0.15, 0.2) is 36.4 Å². The summed E-state index contributed by atoms with van der Waals surface area (Å²) >= 11 is 0. The number of phenols is 1. The maximum Gasteiger partial charge on any atom is 0.311 e. The molecule has 0 saturated heterocycles. The minimum Gasteiger partial charge on any atom is -0.502 e. The Kier molecular flexibility index (Phi) is 5.68. The molecule has 24 heavy (non-hydrogen) atoms. The molecule has 2 aromatic rings. The molecule has 1 unspecified atom stereocenters. The van der Waals surface area contributed by atoms with Crippen LogP contribution in [0, 0.1) is 0 Å². The van der Waals surface area contributed by atoms with Gasteiger partial charge in [0.2, 0.25) is 5.75 Å². The topological polar surface area (TPSA) is 76.0 Å². The second-order valence-electron chi connectivity index (χ2n) is 5.54. The summed E-state index contributed by atoms with van der Waals surface area (Å²) in [5, 5.41) is 19.6. The first-order valence-corrected chi connectivity index (χ1v) is 7.75. The largest absolute Gasteiger partial charge is 0.502 e. The fourth-order valence-corrected chi connectivity index (χ4v) is 2.63. The van der Waals surface area contributed by atoms with Crippen LogP contribution in [0.5, 0.6) is 17.2 Å². The van der Waals surface area contributed by atoms with Gasteiger partial charge in [-0.05, 0) is 41.7 Å². The molecule has 0 aliphatic heterocycles. The van der Waals surface area contributed by atoms with Gasteiger partial charge in [0.05, 0.1) is 20.1 Å². The lowest BCUT2D eigenvalue weighted by Crippen LogP contribution is -2.14. The van der Waals surface area contributed by atoms with Crippen LogP contribution in [0.25, 0.3) is 0 Å². The van der Waals surface area contributed by atoms with E-state index in [4.69, 9.17) is 9.47 Å². The highest BCUT2D eigenvalue weighted by molar-refractivity contribution is 5.76. The van der Waals surface area contributed by atoms with E-state index in [1.54, 1.807) is 12.1 Å². The smallest absolute Gasteiger partial charge is 0.311 e. The van der Waals surface area contributed by atoms with Crippen LogP contribution in [0.2, 0.25) is 0 Å². The van der Waals surface area contributed by atoms with Crippen LogP contribution < -0.4 is 9.47 Å². The van der Waals surface area contributed by atoms with Crippen molar-refractivity contribution in [2.45, 2.75) is 25.7 Å². The summed E-state index contributed by atoms with van der Waals surface area (Å²) in [7, 11) is 2.88. The molecule has 0 radical (unpaired) electrons. The van der Waals surface area contributed by atoms with E-state index in [0.29, 0.717) is 5.56 Å². The number of methoxy groups -OCH3 is 2. The van der Waals surface area contributed by atoms with E-state index < -0.39 is 11.9 Å². The first kappa shape index (κ1) is 17.7. The zero-order chi connectivity index (χ0) is 17.7. The summed E-state index contributed by atoms with van der Waals surface area (Å²) in [6.45, 7) is 2.05. The summed E-state index contributed by atoms with van der Waals surface area (Å²) in [6.07, 6.45) is 1.18. The second kappa shape index (κ2) is 7.73. The third kappa shape index (κ3) is 3.79. The van der Waals surface area contributed by atoms with E-state index in [1.165, 1.54) is 14.2 Å². The van der Waals surface area contributed by atoms with Gasteiger partial charge in [-0.2, -0.15) is 0 Å². The van der Waals surface area contributed by atoms with Crippen molar-refractivity contribution >= 4 is 5.97 Å². The summed E-state index contributed by atoms with van der Waals surface area (Å²) in [4.78, 5) is 11.7. The number of aryl methyl sites for hydroxylation is 1. The normalized spacial score (nSPS) is 11.8. The third-order valence-electron chi connectivity index (χ3n) is 4.07. The Morgan fingerprint density at radius 2 is 1.58 bits per heavy atom. The molecule has 0 aliphatic rings. The average Bonchev–Trinajstić information content (AvgIpc) is 2.60. The summed E-state index contributed by atoms with van der Waals surface area (Å²) < 4.78 is 10.3. The van der Waals surface area contributed by atoms with Crippen LogP contribution in [0.3, 0.4) is 0 Å². The molecule has 0 aromatic heterocycles. The van der Waals surface area contributed by atoms with Crippen molar-refractivity contribution in [3.8, 4) is 17.2 Å². The molecular formula is C19H22O5.